The first-order valence-corrected chi connectivity index (χ1v) is 24.4. The van der Waals surface area contributed by atoms with Gasteiger partial charge in [0.05, 0.1) is 5.69 Å². The van der Waals surface area contributed by atoms with E-state index in [9.17, 15) is 0 Å². The van der Waals surface area contributed by atoms with Crippen LogP contribution in [0.4, 0.5) is 28.4 Å². The first-order chi connectivity index (χ1) is 34.4. The Kier molecular flexibility index (Phi) is 9.99. The lowest BCUT2D eigenvalue weighted by Crippen LogP contribution is -2.30. The molecule has 2 atom stereocenters. The van der Waals surface area contributed by atoms with Gasteiger partial charge in [0.1, 0.15) is 11.9 Å². The molecule has 10 aromatic carbocycles. The lowest BCUT2D eigenvalue weighted by Gasteiger charge is -2.37. The molecule has 1 aliphatic heterocycles. The summed E-state index contributed by atoms with van der Waals surface area (Å²) in [6.07, 6.45) is 6.73. The highest BCUT2D eigenvalue weighted by Gasteiger charge is 2.37. The summed E-state index contributed by atoms with van der Waals surface area (Å²) in [6, 6.07) is 85.9. The van der Waals surface area contributed by atoms with E-state index in [1.54, 1.807) is 0 Å². The van der Waals surface area contributed by atoms with E-state index in [1.165, 1.54) is 66.6 Å². The van der Waals surface area contributed by atoms with Crippen LogP contribution >= 0.6 is 0 Å². The Hall–Kier alpha value is -8.66. The third kappa shape index (κ3) is 7.13. The molecule has 0 radical (unpaired) electrons. The first-order valence-electron chi connectivity index (χ1n) is 24.4. The van der Waals surface area contributed by atoms with Gasteiger partial charge in [-0.2, -0.15) is 0 Å². The van der Waals surface area contributed by atoms with Crippen LogP contribution in [0.3, 0.4) is 0 Å². The number of fused-ring (bicyclic) bond motifs is 5. The lowest BCUT2D eigenvalue weighted by molar-refractivity contribution is 0.226. The third-order valence-corrected chi connectivity index (χ3v) is 14.8. The fraction of sp³-hybridized carbons (Fsp3) is 0.0746. The summed E-state index contributed by atoms with van der Waals surface area (Å²) >= 11 is 0. The van der Waals surface area contributed by atoms with Crippen molar-refractivity contribution in [2.45, 2.75) is 31.3 Å². The number of anilines is 5. The average molecular weight is 899 g/mol. The molecule has 0 spiro atoms. The minimum absolute atomic E-state index is 0.0516. The van der Waals surface area contributed by atoms with Gasteiger partial charge in [0.15, 0.2) is 0 Å². The zero-order chi connectivity index (χ0) is 46.8. The van der Waals surface area contributed by atoms with Crippen molar-refractivity contribution >= 4 is 39.2 Å². The van der Waals surface area contributed by atoms with E-state index >= 15 is 0 Å². The normalized spacial score (nSPS) is 15.8. The van der Waals surface area contributed by atoms with E-state index in [0.717, 1.165) is 45.3 Å². The molecule has 3 nitrogen and oxygen atoms in total. The summed E-state index contributed by atoms with van der Waals surface area (Å²) in [7, 11) is 0. The lowest BCUT2D eigenvalue weighted by atomic mass is 9.82. The van der Waals surface area contributed by atoms with Crippen LogP contribution in [0.25, 0.3) is 55.3 Å². The van der Waals surface area contributed by atoms with Crippen LogP contribution in [0.5, 0.6) is 5.75 Å². The third-order valence-electron chi connectivity index (χ3n) is 14.8. The Labute approximate surface area is 410 Å². The minimum atomic E-state index is -0.235. The molecule has 0 aromatic heterocycles. The molecule has 2 aliphatic carbocycles. The molecule has 13 rings (SSSR count). The second-order valence-corrected chi connectivity index (χ2v) is 19.3. The number of ether oxygens (including phenoxy) is 1. The molecule has 0 saturated heterocycles. The second kappa shape index (κ2) is 16.8. The van der Waals surface area contributed by atoms with Gasteiger partial charge < -0.3 is 14.5 Å². The van der Waals surface area contributed by atoms with Crippen molar-refractivity contribution in [2.75, 3.05) is 9.80 Å². The predicted molar refractivity (Wildman–Crippen MR) is 292 cm³/mol. The predicted octanol–water partition coefficient (Wildman–Crippen LogP) is 17.8. The van der Waals surface area contributed by atoms with E-state index in [0.29, 0.717) is 0 Å². The fourth-order valence-corrected chi connectivity index (χ4v) is 11.3. The maximum atomic E-state index is 7.32. The molecular weight excluding hydrogens is 849 g/mol. The van der Waals surface area contributed by atoms with Gasteiger partial charge in [0.25, 0.3) is 0 Å². The van der Waals surface area contributed by atoms with E-state index in [4.69, 9.17) is 4.74 Å². The van der Waals surface area contributed by atoms with Gasteiger partial charge in [-0.05, 0) is 133 Å². The van der Waals surface area contributed by atoms with Gasteiger partial charge >= 0.3 is 0 Å². The number of allylic oxidation sites excluding steroid dienone is 1. The highest BCUT2D eigenvalue weighted by molar-refractivity contribution is 5.98. The van der Waals surface area contributed by atoms with Crippen molar-refractivity contribution in [3.8, 4) is 50.3 Å². The van der Waals surface area contributed by atoms with Crippen LogP contribution in [-0.2, 0) is 5.41 Å². The van der Waals surface area contributed by atoms with Gasteiger partial charge in [0, 0.05) is 51.2 Å². The fourth-order valence-electron chi connectivity index (χ4n) is 11.3. The van der Waals surface area contributed by atoms with Crippen LogP contribution in [0.1, 0.15) is 36.5 Å². The van der Waals surface area contributed by atoms with Crippen LogP contribution < -0.4 is 14.5 Å². The molecule has 0 saturated carbocycles. The minimum Gasteiger partial charge on any atom is -0.485 e. The van der Waals surface area contributed by atoms with Crippen molar-refractivity contribution in [3.63, 3.8) is 0 Å². The Bertz CT molecular complexity index is 3550. The summed E-state index contributed by atoms with van der Waals surface area (Å²) < 4.78 is 7.32. The molecule has 0 amide bonds. The van der Waals surface area contributed by atoms with E-state index < -0.39 is 0 Å². The molecule has 70 heavy (non-hydrogen) atoms. The zero-order valence-electron chi connectivity index (χ0n) is 39.2. The molecule has 0 fully saturated rings. The molecule has 3 heteroatoms. The molecule has 1 heterocycles. The Morgan fingerprint density at radius 1 is 0.400 bits per heavy atom. The molecular formula is C67H50N2O. The van der Waals surface area contributed by atoms with E-state index in [1.807, 2.05) is 0 Å². The summed E-state index contributed by atoms with van der Waals surface area (Å²) in [5, 5.41) is 2.33. The number of rotatable bonds is 9. The average Bonchev–Trinajstić information content (AvgIpc) is 3.65. The quantitative estimate of drug-likeness (QED) is 0.144. The Morgan fingerprint density at radius 2 is 0.900 bits per heavy atom. The van der Waals surface area contributed by atoms with E-state index in [-0.39, 0.29) is 17.4 Å². The van der Waals surface area contributed by atoms with Crippen LogP contribution in [0.2, 0.25) is 0 Å². The second-order valence-electron chi connectivity index (χ2n) is 19.3. The van der Waals surface area contributed by atoms with Gasteiger partial charge in [0.2, 0.25) is 0 Å². The molecule has 3 aliphatic rings. The monoisotopic (exact) mass is 898 g/mol. The molecule has 0 bridgehead atoms. The first kappa shape index (κ1) is 41.5. The van der Waals surface area contributed by atoms with Gasteiger partial charge in [-0.3, -0.25) is 0 Å². The van der Waals surface area contributed by atoms with Crippen molar-refractivity contribution < 1.29 is 4.74 Å². The number of hydrogen-bond acceptors (Lipinski definition) is 3. The highest BCUT2D eigenvalue weighted by atomic mass is 16.5. The summed E-state index contributed by atoms with van der Waals surface area (Å²) in [5.74, 6) is 0.941. The van der Waals surface area contributed by atoms with Crippen molar-refractivity contribution in [2.24, 2.45) is 0 Å². The summed E-state index contributed by atoms with van der Waals surface area (Å²) in [5.41, 5.74) is 20.1. The number of nitrogens with zero attached hydrogens (tertiary/aromatic N) is 2. The molecule has 0 N–H and O–H groups in total. The van der Waals surface area contributed by atoms with Crippen molar-refractivity contribution in [1.29, 1.82) is 0 Å². The van der Waals surface area contributed by atoms with Crippen molar-refractivity contribution in [1.82, 2.24) is 0 Å². The van der Waals surface area contributed by atoms with Gasteiger partial charge in [-0.15, -0.1) is 0 Å². The standard InChI is InChI=1S/C67H50N2O/c1-67(2)62-24-13-12-22-58(62)59-39-37-55(42-63(59)67)69(54-35-29-50(30-36-54)47-19-10-5-11-20-47)57-41-51-21-14-23-61-60-40-38-56(43-64(60)70-65(44-57)66(51)61)68(52-31-25-48(26-32-52)45-15-6-3-7-16-45)53-33-27-49(28-34-53)46-17-8-4-9-18-46/h3-44,60,64H,1-2H3. The van der Waals surface area contributed by atoms with Crippen LogP contribution in [0, 0.1) is 0 Å². The Morgan fingerprint density at radius 3 is 1.49 bits per heavy atom. The van der Waals surface area contributed by atoms with Gasteiger partial charge in [-0.25, -0.2) is 0 Å². The summed E-state index contributed by atoms with van der Waals surface area (Å²) in [6.45, 7) is 4.71. The van der Waals surface area contributed by atoms with E-state index in [2.05, 4.69) is 278 Å². The van der Waals surface area contributed by atoms with Gasteiger partial charge in [-0.1, -0.05) is 196 Å². The van der Waals surface area contributed by atoms with Crippen LogP contribution in [-0.4, -0.2) is 6.10 Å². The maximum absolute atomic E-state index is 7.32. The number of benzene rings is 10. The topological polar surface area (TPSA) is 15.7 Å². The molecule has 334 valence electrons. The zero-order valence-corrected chi connectivity index (χ0v) is 39.2. The van der Waals surface area contributed by atoms with Crippen LogP contribution in [0.15, 0.2) is 261 Å². The summed E-state index contributed by atoms with van der Waals surface area (Å²) in [4.78, 5) is 4.77. The SMILES string of the molecule is CC1(C)c2ccccc2-c2ccc(N(c3ccc(-c4ccccc4)cc3)c3cc4c5c(cccc5c3)C3C=CC(N(c5ccc(-c6ccccc6)cc5)c5ccc(-c6ccccc6)cc5)=CC3O4)cc21. The molecule has 2 unspecified atom stereocenters. The Balaban J connectivity index is 0.910. The van der Waals surface area contributed by atoms with Crippen molar-refractivity contribution in [3.05, 3.63) is 277 Å². The highest BCUT2D eigenvalue weighted by Crippen LogP contribution is 2.52. The maximum Gasteiger partial charge on any atom is 0.130 e. The molecule has 10 aromatic rings. The number of hydrogen-bond donors (Lipinski definition) is 0. The smallest absolute Gasteiger partial charge is 0.130 e. The largest absolute Gasteiger partial charge is 0.485 e.